The Hall–Kier alpha value is -1.50. The summed E-state index contributed by atoms with van der Waals surface area (Å²) in [7, 11) is 0. The van der Waals surface area contributed by atoms with Crippen LogP contribution >= 0.6 is 0 Å². The zero-order valence-electron chi connectivity index (χ0n) is 9.57. The second kappa shape index (κ2) is 6.29. The van der Waals surface area contributed by atoms with Crippen LogP contribution in [-0.2, 0) is 11.3 Å². The number of aromatic nitrogens is 2. The van der Waals surface area contributed by atoms with Gasteiger partial charge in [-0.1, -0.05) is 0 Å². The van der Waals surface area contributed by atoms with Crippen LogP contribution in [0.2, 0.25) is 0 Å². The topological polar surface area (TPSA) is 72.9 Å². The van der Waals surface area contributed by atoms with Crippen LogP contribution in [0, 0.1) is 0 Å². The van der Waals surface area contributed by atoms with Gasteiger partial charge in [-0.2, -0.15) is 5.10 Å². The molecular weight excluding hydrogens is 230 g/mol. The maximum Gasteiger partial charge on any atom is 0.257 e. The van der Waals surface area contributed by atoms with Crippen molar-refractivity contribution in [3.05, 3.63) is 12.4 Å². The second-order valence-corrected chi connectivity index (χ2v) is 3.91. The monoisotopic (exact) mass is 246 g/mol. The number of nitrogens with one attached hydrogen (secondary N) is 1. The first-order valence-electron chi connectivity index (χ1n) is 5.33. The summed E-state index contributed by atoms with van der Waals surface area (Å²) in [5, 5.41) is 6.27. The minimum Gasteiger partial charge on any atom is -0.328 e. The van der Waals surface area contributed by atoms with Gasteiger partial charge in [0.2, 0.25) is 5.91 Å². The normalized spacial score (nSPS) is 12.8. The third-order valence-electron chi connectivity index (χ3n) is 2.07. The van der Waals surface area contributed by atoms with Gasteiger partial charge in [0, 0.05) is 18.7 Å². The van der Waals surface area contributed by atoms with Gasteiger partial charge in [0.15, 0.2) is 0 Å². The number of hydrogen-bond donors (Lipinski definition) is 2. The van der Waals surface area contributed by atoms with E-state index in [-0.39, 0.29) is 11.9 Å². The Balaban J connectivity index is 2.40. The molecule has 1 atom stereocenters. The van der Waals surface area contributed by atoms with Gasteiger partial charge in [-0.25, -0.2) is 8.78 Å². The number of carbonyl (C=O) groups excluding carboxylic acids is 1. The third-order valence-corrected chi connectivity index (χ3v) is 2.07. The second-order valence-electron chi connectivity index (χ2n) is 3.91. The summed E-state index contributed by atoms with van der Waals surface area (Å²) in [6.45, 7) is 1.34. The molecule has 0 fully saturated rings. The van der Waals surface area contributed by atoms with Gasteiger partial charge in [-0.15, -0.1) is 0 Å². The molecule has 0 aliphatic carbocycles. The molecule has 0 spiro atoms. The van der Waals surface area contributed by atoms with Crippen LogP contribution < -0.4 is 11.1 Å². The fourth-order valence-electron chi connectivity index (χ4n) is 1.25. The molecule has 0 radical (unpaired) electrons. The zero-order valence-corrected chi connectivity index (χ0v) is 9.57. The zero-order chi connectivity index (χ0) is 12.8. The van der Waals surface area contributed by atoms with E-state index in [2.05, 4.69) is 10.4 Å². The summed E-state index contributed by atoms with van der Waals surface area (Å²) in [6, 6.07) is -0.0395. The fraction of sp³-hybridized carbons (Fsp3) is 0.600. The van der Waals surface area contributed by atoms with E-state index in [4.69, 9.17) is 5.73 Å². The maximum absolute atomic E-state index is 12.0. The molecule has 0 saturated carbocycles. The van der Waals surface area contributed by atoms with Gasteiger partial charge in [0.1, 0.15) is 6.54 Å². The summed E-state index contributed by atoms with van der Waals surface area (Å²) in [4.78, 5) is 11.4. The van der Waals surface area contributed by atoms with Crippen LogP contribution in [0.5, 0.6) is 0 Å². The van der Waals surface area contributed by atoms with Crippen LogP contribution in [0.15, 0.2) is 12.4 Å². The van der Waals surface area contributed by atoms with Gasteiger partial charge in [0.05, 0.1) is 11.9 Å². The van der Waals surface area contributed by atoms with Crippen LogP contribution in [0.4, 0.5) is 14.5 Å². The molecule has 0 aromatic carbocycles. The highest BCUT2D eigenvalue weighted by molar-refractivity contribution is 5.90. The van der Waals surface area contributed by atoms with Gasteiger partial charge in [0.25, 0.3) is 6.43 Å². The van der Waals surface area contributed by atoms with Crippen molar-refractivity contribution in [1.29, 1.82) is 0 Å². The first-order chi connectivity index (χ1) is 7.97. The molecule has 5 nitrogen and oxygen atoms in total. The largest absolute Gasteiger partial charge is 0.328 e. The van der Waals surface area contributed by atoms with Crippen molar-refractivity contribution in [3.63, 3.8) is 0 Å². The maximum atomic E-state index is 12.0. The van der Waals surface area contributed by atoms with Crippen LogP contribution in [0.25, 0.3) is 0 Å². The van der Waals surface area contributed by atoms with Crippen molar-refractivity contribution >= 4 is 11.6 Å². The van der Waals surface area contributed by atoms with E-state index in [0.717, 1.165) is 4.68 Å². The number of amides is 1. The van der Waals surface area contributed by atoms with E-state index in [1.165, 1.54) is 12.4 Å². The van der Waals surface area contributed by atoms with Crippen molar-refractivity contribution in [2.75, 3.05) is 5.32 Å². The molecule has 0 aliphatic heterocycles. The Labute approximate surface area is 98.0 Å². The van der Waals surface area contributed by atoms with Crippen LogP contribution in [0.1, 0.15) is 19.8 Å². The number of rotatable bonds is 6. The number of carbonyl (C=O) groups is 1. The molecule has 96 valence electrons. The van der Waals surface area contributed by atoms with Gasteiger partial charge in [-0.05, 0) is 13.3 Å². The highest BCUT2D eigenvalue weighted by Crippen LogP contribution is 2.08. The highest BCUT2D eigenvalue weighted by Gasteiger charge is 2.08. The first kappa shape index (κ1) is 13.6. The standard InChI is InChI=1S/C10H16F2N4O/c1-7(13)2-3-10(17)15-8-4-14-16(5-8)6-9(11)12/h4-5,7,9H,2-3,6,13H2,1H3,(H,15,17). The minimum atomic E-state index is -2.46. The molecule has 1 rings (SSSR count). The third kappa shape index (κ3) is 5.39. The molecule has 1 amide bonds. The fourth-order valence-corrected chi connectivity index (χ4v) is 1.25. The van der Waals surface area contributed by atoms with E-state index in [1.807, 2.05) is 6.92 Å². The van der Waals surface area contributed by atoms with Crippen LogP contribution in [-0.4, -0.2) is 28.2 Å². The quantitative estimate of drug-likeness (QED) is 0.792. The van der Waals surface area contributed by atoms with Crippen molar-refractivity contribution in [2.45, 2.75) is 38.8 Å². The molecule has 3 N–H and O–H groups in total. The molecular formula is C10H16F2N4O. The number of nitrogens with zero attached hydrogens (tertiary/aromatic N) is 2. The van der Waals surface area contributed by atoms with E-state index >= 15 is 0 Å². The average molecular weight is 246 g/mol. The number of nitrogens with two attached hydrogens (primary N) is 1. The van der Waals surface area contributed by atoms with E-state index in [0.29, 0.717) is 18.5 Å². The summed E-state index contributed by atoms with van der Waals surface area (Å²) in [6.07, 6.45) is 1.13. The average Bonchev–Trinajstić information content (AvgIpc) is 2.61. The van der Waals surface area contributed by atoms with Gasteiger partial charge < -0.3 is 11.1 Å². The number of alkyl halides is 2. The summed E-state index contributed by atoms with van der Waals surface area (Å²) in [5.41, 5.74) is 5.93. The lowest BCUT2D eigenvalue weighted by molar-refractivity contribution is -0.116. The summed E-state index contributed by atoms with van der Waals surface area (Å²) in [5.74, 6) is -0.195. The molecule has 7 heteroatoms. The lowest BCUT2D eigenvalue weighted by Gasteiger charge is -2.04. The van der Waals surface area contributed by atoms with Crippen molar-refractivity contribution < 1.29 is 13.6 Å². The highest BCUT2D eigenvalue weighted by atomic mass is 19.3. The molecule has 1 aromatic heterocycles. The Morgan fingerprint density at radius 3 is 2.94 bits per heavy atom. The summed E-state index contributed by atoms with van der Waals surface area (Å²) < 4.78 is 25.2. The first-order valence-corrected chi connectivity index (χ1v) is 5.33. The predicted molar refractivity (Wildman–Crippen MR) is 59.7 cm³/mol. The predicted octanol–water partition coefficient (Wildman–Crippen LogP) is 1.21. The molecule has 0 aliphatic rings. The molecule has 17 heavy (non-hydrogen) atoms. The van der Waals surface area contributed by atoms with Gasteiger partial charge in [-0.3, -0.25) is 9.48 Å². The lowest BCUT2D eigenvalue weighted by Crippen LogP contribution is -2.19. The van der Waals surface area contributed by atoms with E-state index < -0.39 is 13.0 Å². The number of halogens is 2. The van der Waals surface area contributed by atoms with Crippen molar-refractivity contribution in [3.8, 4) is 0 Å². The molecule has 1 aromatic rings. The Morgan fingerprint density at radius 2 is 2.35 bits per heavy atom. The molecule has 0 bridgehead atoms. The SMILES string of the molecule is CC(N)CCC(=O)Nc1cnn(CC(F)F)c1. The Bertz CT molecular complexity index is 365. The van der Waals surface area contributed by atoms with E-state index in [1.54, 1.807) is 0 Å². The minimum absolute atomic E-state index is 0.0395. The van der Waals surface area contributed by atoms with E-state index in [9.17, 15) is 13.6 Å². The van der Waals surface area contributed by atoms with Crippen LogP contribution in [0.3, 0.4) is 0 Å². The molecule has 0 saturated heterocycles. The van der Waals surface area contributed by atoms with Gasteiger partial charge >= 0.3 is 0 Å². The number of anilines is 1. The Morgan fingerprint density at radius 1 is 1.65 bits per heavy atom. The number of hydrogen-bond acceptors (Lipinski definition) is 3. The molecule has 1 unspecified atom stereocenters. The lowest BCUT2D eigenvalue weighted by atomic mass is 10.2. The van der Waals surface area contributed by atoms with Crippen molar-refractivity contribution in [1.82, 2.24) is 9.78 Å². The van der Waals surface area contributed by atoms with Crippen molar-refractivity contribution in [2.24, 2.45) is 5.73 Å². The summed E-state index contributed by atoms with van der Waals surface area (Å²) >= 11 is 0. The smallest absolute Gasteiger partial charge is 0.257 e. The Kier molecular flexibility index (Phi) is 5.02. The molecule has 1 heterocycles.